The number of nitrogens with zero attached hydrogens (tertiary/aromatic N) is 4. The van der Waals surface area contributed by atoms with Gasteiger partial charge in [0.2, 0.25) is 0 Å². The Morgan fingerprint density at radius 2 is 1.84 bits per heavy atom. The summed E-state index contributed by atoms with van der Waals surface area (Å²) in [4.78, 5) is 25.9. The summed E-state index contributed by atoms with van der Waals surface area (Å²) in [6, 6.07) is 9.72. The van der Waals surface area contributed by atoms with E-state index >= 15 is 0 Å². The Labute approximate surface area is 145 Å². The third-order valence-corrected chi connectivity index (χ3v) is 4.36. The van der Waals surface area contributed by atoms with Crippen molar-refractivity contribution < 1.29 is 0 Å². The Hall–Kier alpha value is -2.83. The Bertz CT molecular complexity index is 998. The lowest BCUT2D eigenvalue weighted by atomic mass is 10.2. The second-order valence-electron chi connectivity index (χ2n) is 6.09. The first-order valence-corrected chi connectivity index (χ1v) is 8.50. The fraction of sp³-hybridized carbons (Fsp3) is 0.389. The lowest BCUT2D eigenvalue weighted by Gasteiger charge is -2.11. The van der Waals surface area contributed by atoms with Gasteiger partial charge in [0.05, 0.1) is 6.54 Å². The molecule has 0 aliphatic rings. The summed E-state index contributed by atoms with van der Waals surface area (Å²) >= 11 is 0. The average Bonchev–Trinajstić information content (AvgIpc) is 2.96. The number of benzene rings is 1. The lowest BCUT2D eigenvalue weighted by molar-refractivity contribution is 0.556. The highest BCUT2D eigenvalue weighted by molar-refractivity contribution is 5.86. The number of hydrogen-bond acceptors (Lipinski definition) is 4. The van der Waals surface area contributed by atoms with Crippen molar-refractivity contribution in [3.05, 3.63) is 56.7 Å². The Morgan fingerprint density at radius 1 is 1.12 bits per heavy atom. The van der Waals surface area contributed by atoms with Gasteiger partial charge in [0.1, 0.15) is 11.2 Å². The van der Waals surface area contributed by atoms with Crippen LogP contribution in [0.15, 0.2) is 39.9 Å². The van der Waals surface area contributed by atoms with E-state index in [1.54, 1.807) is 23.3 Å². The van der Waals surface area contributed by atoms with Gasteiger partial charge in [0.25, 0.3) is 5.56 Å². The number of anilines is 1. The van der Waals surface area contributed by atoms with E-state index in [4.69, 9.17) is 0 Å². The first-order chi connectivity index (χ1) is 12.1. The smallest absolute Gasteiger partial charge is 0.333 e. The number of nitrogens with one attached hydrogen (secondary N) is 1. The van der Waals surface area contributed by atoms with Crippen molar-refractivity contribution in [3.8, 4) is 0 Å². The number of aryl methyl sites for hydroxylation is 1. The molecule has 0 fully saturated rings. The third-order valence-electron chi connectivity index (χ3n) is 4.36. The summed E-state index contributed by atoms with van der Waals surface area (Å²) in [5.41, 5.74) is 0.812. The standard InChI is InChI=1S/C18H23N5O2/c1-4-5-11-22-17(24)14-15(19-2)21(3)20-16(14)23(18(22)25)12-13-9-7-6-8-10-13/h6-10,19H,4-5,11-12H2,1-3H3. The molecular weight excluding hydrogens is 318 g/mol. The monoisotopic (exact) mass is 341 g/mol. The molecule has 0 saturated heterocycles. The van der Waals surface area contributed by atoms with Gasteiger partial charge in [-0.25, -0.2) is 4.79 Å². The van der Waals surface area contributed by atoms with E-state index in [0.29, 0.717) is 29.9 Å². The van der Waals surface area contributed by atoms with Crippen molar-refractivity contribution in [1.29, 1.82) is 0 Å². The SMILES string of the molecule is CCCCn1c(=O)c2c(NC)n(C)nc2n(Cc2ccccc2)c1=O. The number of unbranched alkanes of at least 4 members (excludes halogenated alkanes) is 1. The zero-order valence-electron chi connectivity index (χ0n) is 14.8. The normalized spacial score (nSPS) is 11.2. The molecule has 0 saturated carbocycles. The summed E-state index contributed by atoms with van der Waals surface area (Å²) in [6.07, 6.45) is 1.69. The van der Waals surface area contributed by atoms with Crippen molar-refractivity contribution in [3.63, 3.8) is 0 Å². The highest BCUT2D eigenvalue weighted by atomic mass is 16.2. The largest absolute Gasteiger partial charge is 0.373 e. The first kappa shape index (κ1) is 17.0. The van der Waals surface area contributed by atoms with Crippen LogP contribution in [0.3, 0.4) is 0 Å². The Morgan fingerprint density at radius 3 is 2.48 bits per heavy atom. The van der Waals surface area contributed by atoms with Gasteiger partial charge in [0, 0.05) is 20.6 Å². The molecule has 2 aromatic heterocycles. The molecule has 25 heavy (non-hydrogen) atoms. The maximum Gasteiger partial charge on any atom is 0.333 e. The summed E-state index contributed by atoms with van der Waals surface area (Å²) in [6.45, 7) is 2.83. The summed E-state index contributed by atoms with van der Waals surface area (Å²) in [7, 11) is 3.51. The van der Waals surface area contributed by atoms with Crippen LogP contribution in [0.5, 0.6) is 0 Å². The number of aromatic nitrogens is 4. The van der Waals surface area contributed by atoms with Crippen molar-refractivity contribution in [2.75, 3.05) is 12.4 Å². The van der Waals surface area contributed by atoms with Crippen LogP contribution >= 0.6 is 0 Å². The van der Waals surface area contributed by atoms with Gasteiger partial charge in [-0.2, -0.15) is 5.10 Å². The fourth-order valence-corrected chi connectivity index (χ4v) is 3.06. The number of rotatable bonds is 6. The fourth-order valence-electron chi connectivity index (χ4n) is 3.06. The van der Waals surface area contributed by atoms with Crippen molar-refractivity contribution >= 4 is 16.9 Å². The molecule has 0 aliphatic heterocycles. The predicted molar refractivity (Wildman–Crippen MR) is 99.2 cm³/mol. The molecule has 3 rings (SSSR count). The molecule has 0 aliphatic carbocycles. The predicted octanol–water partition coefficient (Wildman–Crippen LogP) is 1.79. The van der Waals surface area contributed by atoms with Crippen LogP contribution in [0.2, 0.25) is 0 Å². The molecule has 0 bridgehead atoms. The molecule has 0 radical (unpaired) electrons. The Balaban J connectivity index is 2.30. The van der Waals surface area contributed by atoms with Gasteiger partial charge < -0.3 is 5.32 Å². The molecule has 1 aromatic carbocycles. The zero-order valence-corrected chi connectivity index (χ0v) is 14.8. The maximum absolute atomic E-state index is 13.0. The van der Waals surface area contributed by atoms with Crippen LogP contribution in [-0.2, 0) is 20.1 Å². The van der Waals surface area contributed by atoms with E-state index in [1.165, 1.54) is 4.57 Å². The van der Waals surface area contributed by atoms with E-state index in [-0.39, 0.29) is 11.2 Å². The lowest BCUT2D eigenvalue weighted by Crippen LogP contribution is -2.40. The van der Waals surface area contributed by atoms with E-state index in [9.17, 15) is 9.59 Å². The van der Waals surface area contributed by atoms with E-state index in [1.807, 2.05) is 37.3 Å². The molecule has 0 atom stereocenters. The van der Waals surface area contributed by atoms with Gasteiger partial charge in [-0.1, -0.05) is 43.7 Å². The second-order valence-corrected chi connectivity index (χ2v) is 6.09. The van der Waals surface area contributed by atoms with Crippen molar-refractivity contribution in [2.45, 2.75) is 32.9 Å². The summed E-state index contributed by atoms with van der Waals surface area (Å²) in [5.74, 6) is 0.618. The molecule has 3 aromatic rings. The van der Waals surface area contributed by atoms with Crippen LogP contribution in [0, 0.1) is 0 Å². The highest BCUT2D eigenvalue weighted by Crippen LogP contribution is 2.18. The molecule has 0 spiro atoms. The molecule has 132 valence electrons. The van der Waals surface area contributed by atoms with E-state index in [2.05, 4.69) is 10.4 Å². The van der Waals surface area contributed by atoms with Crippen LogP contribution in [0.25, 0.3) is 11.0 Å². The minimum Gasteiger partial charge on any atom is -0.373 e. The molecule has 1 N–H and O–H groups in total. The molecule has 0 unspecified atom stereocenters. The quantitative estimate of drug-likeness (QED) is 0.742. The summed E-state index contributed by atoms with van der Waals surface area (Å²) in [5, 5.41) is 7.91. The highest BCUT2D eigenvalue weighted by Gasteiger charge is 2.20. The second kappa shape index (κ2) is 6.96. The maximum atomic E-state index is 13.0. The summed E-state index contributed by atoms with van der Waals surface area (Å²) < 4.78 is 4.52. The van der Waals surface area contributed by atoms with Gasteiger partial charge in [0.15, 0.2) is 5.65 Å². The zero-order chi connectivity index (χ0) is 18.0. The topological polar surface area (TPSA) is 73.8 Å². The number of fused-ring (bicyclic) bond motifs is 1. The molecule has 0 amide bonds. The first-order valence-electron chi connectivity index (χ1n) is 8.50. The van der Waals surface area contributed by atoms with Crippen LogP contribution in [0.1, 0.15) is 25.3 Å². The number of hydrogen-bond donors (Lipinski definition) is 1. The van der Waals surface area contributed by atoms with Gasteiger partial charge in [-0.15, -0.1) is 0 Å². The van der Waals surface area contributed by atoms with E-state index in [0.717, 1.165) is 18.4 Å². The van der Waals surface area contributed by atoms with E-state index < -0.39 is 0 Å². The van der Waals surface area contributed by atoms with Crippen molar-refractivity contribution in [1.82, 2.24) is 18.9 Å². The van der Waals surface area contributed by atoms with Crippen LogP contribution in [-0.4, -0.2) is 26.0 Å². The average molecular weight is 341 g/mol. The minimum absolute atomic E-state index is 0.282. The minimum atomic E-state index is -0.310. The molecule has 7 heteroatoms. The van der Waals surface area contributed by atoms with Crippen LogP contribution < -0.4 is 16.6 Å². The Kier molecular flexibility index (Phi) is 4.74. The molecule has 2 heterocycles. The van der Waals surface area contributed by atoms with Crippen LogP contribution in [0.4, 0.5) is 5.82 Å². The third kappa shape index (κ3) is 2.97. The molecule has 7 nitrogen and oxygen atoms in total. The van der Waals surface area contributed by atoms with Gasteiger partial charge in [-0.05, 0) is 12.0 Å². The van der Waals surface area contributed by atoms with Crippen molar-refractivity contribution in [2.24, 2.45) is 7.05 Å². The van der Waals surface area contributed by atoms with Gasteiger partial charge >= 0.3 is 5.69 Å². The van der Waals surface area contributed by atoms with Gasteiger partial charge in [-0.3, -0.25) is 18.6 Å². The molecular formula is C18H23N5O2.